The Kier molecular flexibility index (Phi) is 6.15. The van der Waals surface area contributed by atoms with Gasteiger partial charge in [-0.2, -0.15) is 0 Å². The van der Waals surface area contributed by atoms with Crippen LogP contribution in [0.5, 0.6) is 0 Å². The topological polar surface area (TPSA) is 62.5 Å². The molecule has 0 spiro atoms. The van der Waals surface area contributed by atoms with Gasteiger partial charge in [-0.25, -0.2) is 4.39 Å². The van der Waals surface area contributed by atoms with Gasteiger partial charge in [-0.15, -0.1) is 0 Å². The van der Waals surface area contributed by atoms with Crippen LogP contribution < -0.4 is 10.6 Å². The molecule has 23 heavy (non-hydrogen) atoms. The van der Waals surface area contributed by atoms with Crippen LogP contribution in [-0.4, -0.2) is 18.2 Å². The van der Waals surface area contributed by atoms with Crippen molar-refractivity contribution in [2.75, 3.05) is 7.05 Å². The fourth-order valence-electron chi connectivity index (χ4n) is 1.93. The highest BCUT2D eigenvalue weighted by Gasteiger charge is 2.09. The highest BCUT2D eigenvalue weighted by atomic mass is 79.9. The number of aliphatic imine (C=N–C) groups is 1. The molecular formula is C16H20BrFN4O. The first-order chi connectivity index (χ1) is 11.0. The van der Waals surface area contributed by atoms with Crippen LogP contribution in [0.4, 0.5) is 4.39 Å². The molecule has 2 aromatic rings. The molecule has 1 heterocycles. The van der Waals surface area contributed by atoms with Crippen LogP contribution in [0.3, 0.4) is 0 Å². The number of guanidine groups is 1. The Morgan fingerprint density at radius 1 is 1.30 bits per heavy atom. The Balaban J connectivity index is 1.89. The first-order valence-electron chi connectivity index (χ1n) is 7.33. The molecule has 0 aliphatic rings. The maximum atomic E-state index is 13.7. The summed E-state index contributed by atoms with van der Waals surface area (Å²) in [6.45, 7) is 4.91. The van der Waals surface area contributed by atoms with E-state index in [9.17, 15) is 4.39 Å². The Bertz CT molecular complexity index is 684. The molecule has 124 valence electrons. The number of nitrogens with zero attached hydrogens (tertiary/aromatic N) is 2. The molecule has 0 atom stereocenters. The summed E-state index contributed by atoms with van der Waals surface area (Å²) in [4.78, 5) is 4.11. The lowest BCUT2D eigenvalue weighted by Crippen LogP contribution is -2.36. The molecular weight excluding hydrogens is 363 g/mol. The monoisotopic (exact) mass is 382 g/mol. The third kappa shape index (κ3) is 5.06. The fourth-order valence-corrected chi connectivity index (χ4v) is 2.34. The molecule has 1 aromatic heterocycles. The maximum absolute atomic E-state index is 13.7. The molecule has 0 bridgehead atoms. The maximum Gasteiger partial charge on any atom is 0.191 e. The second-order valence-corrected chi connectivity index (χ2v) is 6.30. The molecule has 1 aromatic carbocycles. The second-order valence-electron chi connectivity index (χ2n) is 5.39. The standard InChI is InChI=1S/C16H20BrFN4O/c1-10(2)15-7-13(23-22-15)9-21-16(19-3)20-8-11-6-12(17)4-5-14(11)18/h4-7,10H,8-9H2,1-3H3,(H2,19,20,21). The fraction of sp³-hybridized carbons (Fsp3) is 0.375. The summed E-state index contributed by atoms with van der Waals surface area (Å²) in [5.41, 5.74) is 1.48. The largest absolute Gasteiger partial charge is 0.359 e. The van der Waals surface area contributed by atoms with Crippen molar-refractivity contribution in [1.29, 1.82) is 0 Å². The number of aromatic nitrogens is 1. The van der Waals surface area contributed by atoms with Gasteiger partial charge < -0.3 is 15.2 Å². The van der Waals surface area contributed by atoms with Gasteiger partial charge in [-0.3, -0.25) is 4.99 Å². The van der Waals surface area contributed by atoms with Crippen LogP contribution >= 0.6 is 15.9 Å². The third-order valence-corrected chi connectivity index (χ3v) is 3.77. The number of rotatable bonds is 5. The molecule has 0 amide bonds. The van der Waals surface area contributed by atoms with Crippen molar-refractivity contribution >= 4 is 21.9 Å². The van der Waals surface area contributed by atoms with E-state index >= 15 is 0 Å². The Labute approximate surface area is 143 Å². The average Bonchev–Trinajstić information content (AvgIpc) is 3.00. The molecule has 0 fully saturated rings. The summed E-state index contributed by atoms with van der Waals surface area (Å²) in [6.07, 6.45) is 0. The molecule has 0 aliphatic carbocycles. The van der Waals surface area contributed by atoms with Gasteiger partial charge in [0.2, 0.25) is 0 Å². The quantitative estimate of drug-likeness (QED) is 0.612. The normalized spacial score (nSPS) is 11.8. The highest BCUT2D eigenvalue weighted by molar-refractivity contribution is 9.10. The number of benzene rings is 1. The molecule has 0 saturated heterocycles. The van der Waals surface area contributed by atoms with Crippen molar-refractivity contribution in [3.63, 3.8) is 0 Å². The summed E-state index contributed by atoms with van der Waals surface area (Å²) in [7, 11) is 1.66. The minimum Gasteiger partial charge on any atom is -0.359 e. The minimum atomic E-state index is -0.257. The van der Waals surface area contributed by atoms with E-state index in [1.54, 1.807) is 19.2 Å². The number of halogens is 2. The lowest BCUT2D eigenvalue weighted by atomic mass is 10.1. The predicted molar refractivity (Wildman–Crippen MR) is 91.7 cm³/mol. The molecule has 5 nitrogen and oxygen atoms in total. The lowest BCUT2D eigenvalue weighted by Gasteiger charge is -2.11. The molecule has 0 radical (unpaired) electrons. The summed E-state index contributed by atoms with van der Waals surface area (Å²) >= 11 is 3.34. The first-order valence-corrected chi connectivity index (χ1v) is 8.13. The Morgan fingerprint density at radius 2 is 2.04 bits per heavy atom. The molecule has 2 N–H and O–H groups in total. The van der Waals surface area contributed by atoms with Gasteiger partial charge in [0.1, 0.15) is 5.82 Å². The van der Waals surface area contributed by atoms with Crippen molar-refractivity contribution in [2.24, 2.45) is 4.99 Å². The summed E-state index contributed by atoms with van der Waals surface area (Å²) in [5.74, 6) is 1.36. The van der Waals surface area contributed by atoms with Gasteiger partial charge in [0.05, 0.1) is 12.2 Å². The van der Waals surface area contributed by atoms with Gasteiger partial charge in [0, 0.05) is 29.7 Å². The molecule has 0 aliphatic heterocycles. The summed E-state index contributed by atoms with van der Waals surface area (Å²) in [6, 6.07) is 6.75. The molecule has 2 rings (SSSR count). The van der Waals surface area contributed by atoms with Crippen molar-refractivity contribution in [3.8, 4) is 0 Å². The van der Waals surface area contributed by atoms with E-state index < -0.39 is 0 Å². The van der Waals surface area contributed by atoms with Crippen LogP contribution in [0.15, 0.2) is 38.3 Å². The third-order valence-electron chi connectivity index (χ3n) is 3.28. The molecule has 7 heteroatoms. The number of hydrogen-bond donors (Lipinski definition) is 2. The summed E-state index contributed by atoms with van der Waals surface area (Å²) < 4.78 is 19.8. The van der Waals surface area contributed by atoms with Gasteiger partial charge in [0.25, 0.3) is 0 Å². The Hall–Kier alpha value is -1.89. The van der Waals surface area contributed by atoms with Crippen molar-refractivity contribution in [2.45, 2.75) is 32.9 Å². The van der Waals surface area contributed by atoms with Gasteiger partial charge in [0.15, 0.2) is 11.7 Å². The van der Waals surface area contributed by atoms with E-state index in [0.717, 1.165) is 15.9 Å². The SMILES string of the molecule is CN=C(NCc1cc(C(C)C)no1)NCc1cc(Br)ccc1F. The van der Waals surface area contributed by atoms with E-state index in [-0.39, 0.29) is 5.82 Å². The zero-order valence-electron chi connectivity index (χ0n) is 13.4. The van der Waals surface area contributed by atoms with E-state index in [1.807, 2.05) is 6.07 Å². The van der Waals surface area contributed by atoms with E-state index in [1.165, 1.54) is 6.07 Å². The molecule has 0 saturated carbocycles. The van der Waals surface area contributed by atoms with E-state index in [4.69, 9.17) is 4.52 Å². The van der Waals surface area contributed by atoms with Crippen molar-refractivity contribution < 1.29 is 8.91 Å². The number of nitrogens with one attached hydrogen (secondary N) is 2. The van der Waals surface area contributed by atoms with Gasteiger partial charge >= 0.3 is 0 Å². The Morgan fingerprint density at radius 3 is 2.70 bits per heavy atom. The first kappa shape index (κ1) is 17.5. The van der Waals surface area contributed by atoms with Crippen molar-refractivity contribution in [1.82, 2.24) is 15.8 Å². The lowest BCUT2D eigenvalue weighted by molar-refractivity contribution is 0.372. The van der Waals surface area contributed by atoms with E-state index in [2.05, 4.69) is 50.6 Å². The smallest absolute Gasteiger partial charge is 0.191 e. The second kappa shape index (κ2) is 8.10. The van der Waals surface area contributed by atoms with Gasteiger partial charge in [-0.1, -0.05) is 34.9 Å². The van der Waals surface area contributed by atoms with Crippen LogP contribution in [0, 0.1) is 5.82 Å². The average molecular weight is 383 g/mol. The summed E-state index contributed by atoms with van der Waals surface area (Å²) in [5, 5.41) is 10.2. The zero-order valence-corrected chi connectivity index (χ0v) is 14.9. The van der Waals surface area contributed by atoms with Gasteiger partial charge in [-0.05, 0) is 24.1 Å². The van der Waals surface area contributed by atoms with Crippen LogP contribution in [0.2, 0.25) is 0 Å². The van der Waals surface area contributed by atoms with Crippen LogP contribution in [0.1, 0.15) is 36.8 Å². The van der Waals surface area contributed by atoms with Crippen molar-refractivity contribution in [3.05, 3.63) is 51.6 Å². The van der Waals surface area contributed by atoms with Crippen LogP contribution in [0.25, 0.3) is 0 Å². The number of hydrogen-bond acceptors (Lipinski definition) is 3. The van der Waals surface area contributed by atoms with Crippen LogP contribution in [-0.2, 0) is 13.1 Å². The highest BCUT2D eigenvalue weighted by Crippen LogP contribution is 2.15. The molecule has 0 unspecified atom stereocenters. The zero-order chi connectivity index (χ0) is 16.8. The predicted octanol–water partition coefficient (Wildman–Crippen LogP) is 3.56. The minimum absolute atomic E-state index is 0.257. The van der Waals surface area contributed by atoms with E-state index in [0.29, 0.717) is 30.5 Å².